The summed E-state index contributed by atoms with van der Waals surface area (Å²) in [6, 6.07) is 8.10. The van der Waals surface area contributed by atoms with Gasteiger partial charge in [0.05, 0.1) is 12.6 Å². The molecular weight excluding hydrogens is 264 g/mol. The second kappa shape index (κ2) is 8.67. The van der Waals surface area contributed by atoms with E-state index in [0.29, 0.717) is 12.3 Å². The van der Waals surface area contributed by atoms with Crippen molar-refractivity contribution in [2.75, 3.05) is 25.6 Å². The summed E-state index contributed by atoms with van der Waals surface area (Å²) < 4.78 is 0. The number of hydrogen-bond donors (Lipinski definition) is 2. The summed E-state index contributed by atoms with van der Waals surface area (Å²) >= 11 is 0. The van der Waals surface area contributed by atoms with Crippen molar-refractivity contribution in [3.05, 3.63) is 29.8 Å². The number of aryl methyl sites for hydroxylation is 1. The van der Waals surface area contributed by atoms with Crippen LogP contribution in [0.2, 0.25) is 0 Å². The van der Waals surface area contributed by atoms with E-state index in [1.807, 2.05) is 19.0 Å². The summed E-state index contributed by atoms with van der Waals surface area (Å²) in [6.07, 6.45) is 1.98. The van der Waals surface area contributed by atoms with Crippen LogP contribution < -0.4 is 10.2 Å². The lowest BCUT2D eigenvalue weighted by atomic mass is 10.0. The molecule has 118 valence electrons. The molecule has 0 aliphatic heterocycles. The summed E-state index contributed by atoms with van der Waals surface area (Å²) in [5, 5.41) is 12.2. The van der Waals surface area contributed by atoms with Crippen LogP contribution in [0.15, 0.2) is 24.3 Å². The Balaban J connectivity index is 2.41. The van der Waals surface area contributed by atoms with Crippen LogP contribution in [0.5, 0.6) is 0 Å². The van der Waals surface area contributed by atoms with E-state index in [1.54, 1.807) is 0 Å². The monoisotopic (exact) mass is 292 g/mol. The van der Waals surface area contributed by atoms with Crippen molar-refractivity contribution in [1.29, 1.82) is 0 Å². The number of benzene rings is 1. The zero-order valence-corrected chi connectivity index (χ0v) is 13.6. The van der Waals surface area contributed by atoms with Gasteiger partial charge in [0.25, 0.3) is 0 Å². The van der Waals surface area contributed by atoms with Crippen molar-refractivity contribution in [3.8, 4) is 0 Å². The molecule has 1 aromatic carbocycles. The van der Waals surface area contributed by atoms with Gasteiger partial charge in [0.2, 0.25) is 5.91 Å². The molecule has 1 amide bonds. The van der Waals surface area contributed by atoms with E-state index < -0.39 is 0 Å². The number of hydrogen-bond acceptors (Lipinski definition) is 3. The van der Waals surface area contributed by atoms with E-state index >= 15 is 0 Å². The van der Waals surface area contributed by atoms with E-state index in [0.717, 1.165) is 24.1 Å². The van der Waals surface area contributed by atoms with Gasteiger partial charge in [0, 0.05) is 26.2 Å². The van der Waals surface area contributed by atoms with Crippen LogP contribution in [0.3, 0.4) is 0 Å². The predicted octanol–water partition coefficient (Wildman–Crippen LogP) is 2.21. The van der Waals surface area contributed by atoms with Gasteiger partial charge < -0.3 is 15.3 Å². The third-order valence-electron chi connectivity index (χ3n) is 3.43. The fourth-order valence-electron chi connectivity index (χ4n) is 2.27. The first kappa shape index (κ1) is 17.5. The number of nitrogens with one attached hydrogen (secondary N) is 1. The summed E-state index contributed by atoms with van der Waals surface area (Å²) in [4.78, 5) is 14.0. The van der Waals surface area contributed by atoms with Gasteiger partial charge in [-0.1, -0.05) is 26.0 Å². The summed E-state index contributed by atoms with van der Waals surface area (Å²) in [7, 11) is 4.01. The van der Waals surface area contributed by atoms with E-state index in [4.69, 9.17) is 0 Å². The lowest BCUT2D eigenvalue weighted by molar-refractivity contribution is -0.122. The summed E-state index contributed by atoms with van der Waals surface area (Å²) in [5.41, 5.74) is 2.31. The molecule has 0 saturated heterocycles. The second-order valence-electron chi connectivity index (χ2n) is 6.14. The number of rotatable bonds is 8. The van der Waals surface area contributed by atoms with E-state index in [9.17, 15) is 9.90 Å². The Labute approximate surface area is 128 Å². The molecule has 0 heterocycles. The number of amides is 1. The minimum absolute atomic E-state index is 0.00144. The topological polar surface area (TPSA) is 52.6 Å². The fraction of sp³-hybridized carbons (Fsp3) is 0.588. The van der Waals surface area contributed by atoms with Crippen molar-refractivity contribution >= 4 is 11.6 Å². The van der Waals surface area contributed by atoms with Crippen LogP contribution in [0.1, 0.15) is 32.3 Å². The third kappa shape index (κ3) is 6.63. The van der Waals surface area contributed by atoms with Gasteiger partial charge >= 0.3 is 0 Å². The molecule has 0 aliphatic carbocycles. The van der Waals surface area contributed by atoms with Gasteiger partial charge in [-0.25, -0.2) is 0 Å². The van der Waals surface area contributed by atoms with Crippen molar-refractivity contribution in [2.45, 2.75) is 39.2 Å². The maximum atomic E-state index is 11.9. The van der Waals surface area contributed by atoms with E-state index in [2.05, 4.69) is 43.4 Å². The van der Waals surface area contributed by atoms with Crippen LogP contribution >= 0.6 is 0 Å². The van der Waals surface area contributed by atoms with Crippen molar-refractivity contribution in [1.82, 2.24) is 5.32 Å². The Morgan fingerprint density at radius 3 is 2.33 bits per heavy atom. The fourth-order valence-corrected chi connectivity index (χ4v) is 2.27. The van der Waals surface area contributed by atoms with Crippen LogP contribution in [0.25, 0.3) is 0 Å². The predicted molar refractivity (Wildman–Crippen MR) is 87.6 cm³/mol. The number of aliphatic hydroxyl groups excluding tert-OH is 1. The molecule has 1 atom stereocenters. The molecular formula is C17H28N2O2. The standard InChI is InChI=1S/C17H28N2O2/c1-13(2)11-15(12-20)18-17(21)10-7-14-5-8-16(9-6-14)19(3)4/h5-6,8-9,13,15,20H,7,10-12H2,1-4H3,(H,18,21). The molecule has 1 aromatic rings. The Morgan fingerprint density at radius 2 is 1.86 bits per heavy atom. The van der Waals surface area contributed by atoms with Crippen molar-refractivity contribution in [3.63, 3.8) is 0 Å². The number of nitrogens with zero attached hydrogens (tertiary/aromatic N) is 1. The van der Waals surface area contributed by atoms with Gasteiger partial charge in [-0.15, -0.1) is 0 Å². The third-order valence-corrected chi connectivity index (χ3v) is 3.43. The van der Waals surface area contributed by atoms with Crippen molar-refractivity contribution in [2.24, 2.45) is 5.92 Å². The number of anilines is 1. The van der Waals surface area contributed by atoms with E-state index in [-0.39, 0.29) is 18.6 Å². The summed E-state index contributed by atoms with van der Waals surface area (Å²) in [6.45, 7) is 4.17. The quantitative estimate of drug-likeness (QED) is 0.772. The first-order chi connectivity index (χ1) is 9.92. The normalized spacial score (nSPS) is 12.3. The molecule has 0 radical (unpaired) electrons. The molecule has 4 heteroatoms. The molecule has 21 heavy (non-hydrogen) atoms. The van der Waals surface area contributed by atoms with Gasteiger partial charge in [-0.3, -0.25) is 4.79 Å². The van der Waals surface area contributed by atoms with Crippen LogP contribution in [-0.2, 0) is 11.2 Å². The van der Waals surface area contributed by atoms with E-state index in [1.165, 1.54) is 0 Å². The molecule has 0 aliphatic rings. The average Bonchev–Trinajstić information content (AvgIpc) is 2.44. The highest BCUT2D eigenvalue weighted by molar-refractivity contribution is 5.76. The first-order valence-electron chi connectivity index (χ1n) is 7.58. The number of carbonyl (C=O) groups is 1. The van der Waals surface area contributed by atoms with Gasteiger partial charge in [-0.05, 0) is 36.5 Å². The summed E-state index contributed by atoms with van der Waals surface area (Å²) in [5.74, 6) is 0.465. The molecule has 0 bridgehead atoms. The lowest BCUT2D eigenvalue weighted by Gasteiger charge is -2.18. The Bertz CT molecular complexity index is 427. The Morgan fingerprint density at radius 1 is 1.24 bits per heavy atom. The average molecular weight is 292 g/mol. The lowest BCUT2D eigenvalue weighted by Crippen LogP contribution is -2.38. The number of carbonyl (C=O) groups excluding carboxylic acids is 1. The Hall–Kier alpha value is -1.55. The minimum Gasteiger partial charge on any atom is -0.394 e. The maximum absolute atomic E-state index is 11.9. The molecule has 0 saturated carbocycles. The van der Waals surface area contributed by atoms with Crippen LogP contribution in [0, 0.1) is 5.92 Å². The molecule has 0 aromatic heterocycles. The second-order valence-corrected chi connectivity index (χ2v) is 6.14. The molecule has 1 rings (SSSR count). The maximum Gasteiger partial charge on any atom is 0.220 e. The van der Waals surface area contributed by atoms with Gasteiger partial charge in [0.15, 0.2) is 0 Å². The SMILES string of the molecule is CC(C)CC(CO)NC(=O)CCc1ccc(N(C)C)cc1. The van der Waals surface area contributed by atoms with Crippen molar-refractivity contribution < 1.29 is 9.90 Å². The smallest absolute Gasteiger partial charge is 0.220 e. The zero-order valence-electron chi connectivity index (χ0n) is 13.6. The Kier molecular flexibility index (Phi) is 7.23. The first-order valence-corrected chi connectivity index (χ1v) is 7.58. The molecule has 2 N–H and O–H groups in total. The molecule has 4 nitrogen and oxygen atoms in total. The minimum atomic E-state index is -0.131. The highest BCUT2D eigenvalue weighted by Gasteiger charge is 2.12. The molecule has 0 fully saturated rings. The highest BCUT2D eigenvalue weighted by atomic mass is 16.3. The van der Waals surface area contributed by atoms with Gasteiger partial charge in [0.1, 0.15) is 0 Å². The van der Waals surface area contributed by atoms with Crippen LogP contribution in [0.4, 0.5) is 5.69 Å². The van der Waals surface area contributed by atoms with Crippen LogP contribution in [-0.4, -0.2) is 37.8 Å². The highest BCUT2D eigenvalue weighted by Crippen LogP contribution is 2.13. The largest absolute Gasteiger partial charge is 0.394 e. The van der Waals surface area contributed by atoms with Gasteiger partial charge in [-0.2, -0.15) is 0 Å². The molecule has 1 unspecified atom stereocenters. The number of aliphatic hydroxyl groups is 1. The zero-order chi connectivity index (χ0) is 15.8. The molecule has 0 spiro atoms.